The fourth-order valence-electron chi connectivity index (χ4n) is 2.72. The molecule has 3 rings (SSSR count). The van der Waals surface area contributed by atoms with Crippen molar-refractivity contribution in [3.8, 4) is 0 Å². The fraction of sp³-hybridized carbons (Fsp3) is 0.545. The summed E-state index contributed by atoms with van der Waals surface area (Å²) in [7, 11) is 0. The highest BCUT2D eigenvalue weighted by atomic mass is 16.2. The average molecular weight is 233 g/mol. The molecule has 2 aliphatic rings. The number of hydrogen-bond acceptors (Lipinski definition) is 5. The van der Waals surface area contributed by atoms with E-state index in [9.17, 15) is 4.79 Å². The Morgan fingerprint density at radius 2 is 2.29 bits per heavy atom. The Balaban J connectivity index is 1.87. The number of nitrogens with two attached hydrogens (primary N) is 1. The van der Waals surface area contributed by atoms with Crippen LogP contribution in [-0.2, 0) is 4.79 Å². The van der Waals surface area contributed by atoms with E-state index in [0.29, 0.717) is 12.4 Å². The Bertz CT molecular complexity index is 432. The molecule has 3 heterocycles. The van der Waals surface area contributed by atoms with Gasteiger partial charge in [0.05, 0.1) is 24.4 Å². The van der Waals surface area contributed by atoms with Crippen molar-refractivity contribution in [2.45, 2.75) is 18.9 Å². The van der Waals surface area contributed by atoms with E-state index in [2.05, 4.69) is 20.2 Å². The molecule has 1 aromatic heterocycles. The SMILES string of the molecule is Nc1cnc(N2CCCC3C(=O)NCC32)cn1. The van der Waals surface area contributed by atoms with Crippen molar-refractivity contribution in [3.05, 3.63) is 12.4 Å². The summed E-state index contributed by atoms with van der Waals surface area (Å²) >= 11 is 0. The van der Waals surface area contributed by atoms with E-state index in [4.69, 9.17) is 5.73 Å². The van der Waals surface area contributed by atoms with Crippen molar-refractivity contribution in [1.29, 1.82) is 0 Å². The number of fused-ring (bicyclic) bond motifs is 1. The summed E-state index contributed by atoms with van der Waals surface area (Å²) in [5.41, 5.74) is 5.53. The summed E-state index contributed by atoms with van der Waals surface area (Å²) in [6.07, 6.45) is 5.22. The van der Waals surface area contributed by atoms with Crippen molar-refractivity contribution < 1.29 is 4.79 Å². The van der Waals surface area contributed by atoms with E-state index in [-0.39, 0.29) is 17.9 Å². The van der Waals surface area contributed by atoms with Crippen LogP contribution in [0, 0.1) is 5.92 Å². The van der Waals surface area contributed by atoms with Crippen molar-refractivity contribution >= 4 is 17.5 Å². The molecule has 2 fully saturated rings. The summed E-state index contributed by atoms with van der Waals surface area (Å²) in [6, 6.07) is 0.217. The van der Waals surface area contributed by atoms with Crippen molar-refractivity contribution in [2.24, 2.45) is 5.92 Å². The van der Waals surface area contributed by atoms with Crippen LogP contribution in [0.15, 0.2) is 12.4 Å². The minimum absolute atomic E-state index is 0.100. The average Bonchev–Trinajstić information content (AvgIpc) is 2.73. The number of hydrogen-bond donors (Lipinski definition) is 2. The molecule has 0 spiro atoms. The second-order valence-electron chi connectivity index (χ2n) is 4.55. The topological polar surface area (TPSA) is 84.1 Å². The first-order valence-corrected chi connectivity index (χ1v) is 5.87. The van der Waals surface area contributed by atoms with Crippen LogP contribution in [0.25, 0.3) is 0 Å². The van der Waals surface area contributed by atoms with Crippen molar-refractivity contribution in [2.75, 3.05) is 23.7 Å². The van der Waals surface area contributed by atoms with Gasteiger partial charge in [0.15, 0.2) is 0 Å². The van der Waals surface area contributed by atoms with Gasteiger partial charge in [0, 0.05) is 13.1 Å². The monoisotopic (exact) mass is 233 g/mol. The van der Waals surface area contributed by atoms with Crippen LogP contribution < -0.4 is 16.0 Å². The number of nitrogens with one attached hydrogen (secondary N) is 1. The Morgan fingerprint density at radius 1 is 1.41 bits per heavy atom. The second-order valence-corrected chi connectivity index (χ2v) is 4.55. The highest BCUT2D eigenvalue weighted by molar-refractivity contribution is 5.83. The standard InChI is InChI=1S/C11H15N5O/c12-9-5-14-10(6-13-9)16-3-1-2-7-8(16)4-15-11(7)17/h5-8H,1-4H2,(H2,12,13)(H,15,17). The molecule has 6 heteroatoms. The Kier molecular flexibility index (Phi) is 2.35. The molecular weight excluding hydrogens is 218 g/mol. The van der Waals surface area contributed by atoms with Gasteiger partial charge in [-0.1, -0.05) is 0 Å². The van der Waals surface area contributed by atoms with E-state index in [1.165, 1.54) is 0 Å². The highest BCUT2D eigenvalue weighted by Crippen LogP contribution is 2.30. The molecule has 3 N–H and O–H groups in total. The normalized spacial score (nSPS) is 27.8. The number of rotatable bonds is 1. The van der Waals surface area contributed by atoms with Gasteiger partial charge in [0.25, 0.3) is 0 Å². The summed E-state index contributed by atoms with van der Waals surface area (Å²) < 4.78 is 0. The third-order valence-electron chi connectivity index (χ3n) is 3.55. The molecule has 2 unspecified atom stereocenters. The first kappa shape index (κ1) is 10.3. The Labute approximate surface area is 99.2 Å². The molecule has 17 heavy (non-hydrogen) atoms. The molecule has 0 radical (unpaired) electrons. The summed E-state index contributed by atoms with van der Waals surface area (Å²) in [6.45, 7) is 1.63. The molecule has 2 saturated heterocycles. The lowest BCUT2D eigenvalue weighted by Crippen LogP contribution is -2.46. The Hall–Kier alpha value is -1.85. The van der Waals surface area contributed by atoms with Crippen molar-refractivity contribution in [3.63, 3.8) is 0 Å². The van der Waals surface area contributed by atoms with Crippen LogP contribution in [-0.4, -0.2) is 35.0 Å². The lowest BCUT2D eigenvalue weighted by molar-refractivity contribution is -0.122. The quantitative estimate of drug-likeness (QED) is 0.700. The molecule has 1 aromatic rings. The third kappa shape index (κ3) is 1.69. The number of carbonyl (C=O) groups is 1. The van der Waals surface area contributed by atoms with Crippen LogP contribution in [0.1, 0.15) is 12.8 Å². The predicted octanol–water partition coefficient (Wildman–Crippen LogP) is -0.226. The van der Waals surface area contributed by atoms with E-state index in [1.807, 2.05) is 0 Å². The molecule has 6 nitrogen and oxygen atoms in total. The van der Waals surface area contributed by atoms with E-state index in [0.717, 1.165) is 25.2 Å². The predicted molar refractivity (Wildman–Crippen MR) is 63.3 cm³/mol. The van der Waals surface area contributed by atoms with Gasteiger partial charge >= 0.3 is 0 Å². The molecule has 0 bridgehead atoms. The summed E-state index contributed by atoms with van der Waals surface area (Å²) in [5, 5.41) is 2.92. The summed E-state index contributed by atoms with van der Waals surface area (Å²) in [4.78, 5) is 22.2. The van der Waals surface area contributed by atoms with E-state index >= 15 is 0 Å². The lowest BCUT2D eigenvalue weighted by Gasteiger charge is -2.36. The lowest BCUT2D eigenvalue weighted by atomic mass is 9.91. The number of carbonyl (C=O) groups excluding carboxylic acids is 1. The zero-order chi connectivity index (χ0) is 11.8. The minimum atomic E-state index is 0.100. The zero-order valence-electron chi connectivity index (χ0n) is 9.47. The maximum absolute atomic E-state index is 11.6. The number of amides is 1. The van der Waals surface area contributed by atoms with Crippen LogP contribution in [0.3, 0.4) is 0 Å². The van der Waals surface area contributed by atoms with Gasteiger partial charge in [0.2, 0.25) is 5.91 Å². The van der Waals surface area contributed by atoms with Crippen LogP contribution in [0.2, 0.25) is 0 Å². The van der Waals surface area contributed by atoms with Crippen LogP contribution >= 0.6 is 0 Å². The third-order valence-corrected chi connectivity index (χ3v) is 3.55. The maximum Gasteiger partial charge on any atom is 0.225 e. The van der Waals surface area contributed by atoms with Crippen molar-refractivity contribution in [1.82, 2.24) is 15.3 Å². The van der Waals surface area contributed by atoms with Gasteiger partial charge < -0.3 is 16.0 Å². The van der Waals surface area contributed by atoms with Crippen LogP contribution in [0.4, 0.5) is 11.6 Å². The first-order valence-electron chi connectivity index (χ1n) is 5.87. The molecule has 1 amide bonds. The molecule has 0 aromatic carbocycles. The van der Waals surface area contributed by atoms with E-state index in [1.54, 1.807) is 12.4 Å². The first-order chi connectivity index (χ1) is 8.25. The number of nitrogen functional groups attached to an aromatic ring is 1. The molecule has 0 saturated carbocycles. The maximum atomic E-state index is 11.6. The number of aromatic nitrogens is 2. The Morgan fingerprint density at radius 3 is 3.06 bits per heavy atom. The number of piperidine rings is 1. The van der Waals surface area contributed by atoms with Gasteiger partial charge in [-0.25, -0.2) is 9.97 Å². The number of anilines is 2. The van der Waals surface area contributed by atoms with Gasteiger partial charge in [0.1, 0.15) is 11.6 Å². The fourth-order valence-corrected chi connectivity index (χ4v) is 2.72. The molecular formula is C11H15N5O. The smallest absolute Gasteiger partial charge is 0.225 e. The highest BCUT2D eigenvalue weighted by Gasteiger charge is 2.41. The molecule has 90 valence electrons. The zero-order valence-corrected chi connectivity index (χ0v) is 9.47. The van der Waals surface area contributed by atoms with Gasteiger partial charge in [-0.2, -0.15) is 0 Å². The summed E-state index contributed by atoms with van der Waals surface area (Å²) in [5.74, 6) is 1.50. The second kappa shape index (κ2) is 3.87. The number of nitrogens with zero attached hydrogens (tertiary/aromatic N) is 3. The van der Waals surface area contributed by atoms with Gasteiger partial charge in [-0.3, -0.25) is 4.79 Å². The minimum Gasteiger partial charge on any atom is -0.382 e. The molecule has 0 aliphatic carbocycles. The van der Waals surface area contributed by atoms with Gasteiger partial charge in [-0.15, -0.1) is 0 Å². The largest absolute Gasteiger partial charge is 0.382 e. The molecule has 2 aliphatic heterocycles. The molecule has 2 atom stereocenters. The van der Waals surface area contributed by atoms with Gasteiger partial charge in [-0.05, 0) is 12.8 Å². The van der Waals surface area contributed by atoms with Crippen LogP contribution in [0.5, 0.6) is 0 Å². The van der Waals surface area contributed by atoms with E-state index < -0.39 is 0 Å².